The van der Waals surface area contributed by atoms with E-state index in [4.69, 9.17) is 17.6 Å². The van der Waals surface area contributed by atoms with Gasteiger partial charge in [-0.2, -0.15) is 0 Å². The second kappa shape index (κ2) is 8.26. The monoisotopic (exact) mass is 448 g/mol. The summed E-state index contributed by atoms with van der Waals surface area (Å²) >= 11 is 0. The SMILES string of the molecule is [2H]c1oc2c(-c3cccc(CN)c3F)cc([C@H]3CN(C)c4cccc(CC(=O)O)c4O3)cc2c1[2H]. The number of anilines is 1. The predicted octanol–water partition coefficient (Wildman–Crippen LogP) is 4.89. The number of aliphatic carboxylic acids is 1. The van der Waals surface area contributed by atoms with Gasteiger partial charge in [-0.25, -0.2) is 4.39 Å². The van der Waals surface area contributed by atoms with E-state index in [-0.39, 0.29) is 36.4 Å². The van der Waals surface area contributed by atoms with Crippen LogP contribution in [-0.2, 0) is 17.8 Å². The minimum Gasteiger partial charge on any atom is -0.481 e. The molecule has 3 aromatic carbocycles. The van der Waals surface area contributed by atoms with Gasteiger partial charge in [0.05, 0.1) is 26.3 Å². The fraction of sp³-hybridized carbons (Fsp3) is 0.192. The number of rotatable bonds is 5. The Morgan fingerprint density at radius 1 is 1.24 bits per heavy atom. The summed E-state index contributed by atoms with van der Waals surface area (Å²) in [7, 11) is 1.89. The lowest BCUT2D eigenvalue weighted by atomic mass is 9.95. The van der Waals surface area contributed by atoms with E-state index in [0.717, 1.165) is 5.69 Å². The summed E-state index contributed by atoms with van der Waals surface area (Å²) in [5.74, 6) is -0.976. The molecule has 33 heavy (non-hydrogen) atoms. The van der Waals surface area contributed by atoms with Crippen LogP contribution >= 0.6 is 0 Å². The van der Waals surface area contributed by atoms with E-state index < -0.39 is 17.9 Å². The van der Waals surface area contributed by atoms with Gasteiger partial charge in [0.15, 0.2) is 0 Å². The molecule has 1 aromatic heterocycles. The molecule has 168 valence electrons. The predicted molar refractivity (Wildman–Crippen MR) is 124 cm³/mol. The molecule has 0 amide bonds. The molecule has 0 bridgehead atoms. The maximum absolute atomic E-state index is 15.3. The fourth-order valence-electron chi connectivity index (χ4n) is 4.33. The van der Waals surface area contributed by atoms with Crippen molar-refractivity contribution in [1.82, 2.24) is 0 Å². The third-order valence-corrected chi connectivity index (χ3v) is 5.94. The first-order valence-corrected chi connectivity index (χ1v) is 10.5. The first kappa shape index (κ1) is 18.7. The molecule has 0 spiro atoms. The number of hydrogen-bond acceptors (Lipinski definition) is 5. The van der Waals surface area contributed by atoms with Gasteiger partial charge < -0.3 is 24.9 Å². The van der Waals surface area contributed by atoms with Crippen LogP contribution in [0.4, 0.5) is 10.1 Å². The van der Waals surface area contributed by atoms with Crippen LogP contribution in [0.3, 0.4) is 0 Å². The number of nitrogens with two attached hydrogens (primary N) is 1. The smallest absolute Gasteiger partial charge is 0.307 e. The van der Waals surface area contributed by atoms with Crippen LogP contribution in [0, 0.1) is 5.82 Å². The van der Waals surface area contributed by atoms with E-state index in [0.29, 0.717) is 39.9 Å². The summed E-state index contributed by atoms with van der Waals surface area (Å²) in [6, 6.07) is 13.6. The number of para-hydroxylation sites is 1. The topological polar surface area (TPSA) is 88.9 Å². The molecule has 0 aliphatic carbocycles. The normalized spacial score (nSPS) is 16.2. The van der Waals surface area contributed by atoms with Crippen molar-refractivity contribution in [2.24, 2.45) is 5.73 Å². The zero-order valence-electron chi connectivity index (χ0n) is 19.9. The van der Waals surface area contributed by atoms with E-state index in [9.17, 15) is 9.90 Å². The van der Waals surface area contributed by atoms with Crippen LogP contribution < -0.4 is 15.4 Å². The molecule has 2 heterocycles. The number of nitrogens with zero attached hydrogens (tertiary/aromatic N) is 1. The Kier molecular flexibility index (Phi) is 4.68. The molecule has 5 rings (SSSR count). The molecule has 0 saturated carbocycles. The largest absolute Gasteiger partial charge is 0.481 e. The summed E-state index contributed by atoms with van der Waals surface area (Å²) in [5, 5.41) is 9.71. The molecule has 6 nitrogen and oxygen atoms in total. The van der Waals surface area contributed by atoms with Crippen molar-refractivity contribution in [2.45, 2.75) is 19.1 Å². The van der Waals surface area contributed by atoms with Crippen LogP contribution in [0.15, 0.2) is 65.2 Å². The van der Waals surface area contributed by atoms with E-state index in [1.54, 1.807) is 42.5 Å². The van der Waals surface area contributed by atoms with Gasteiger partial charge in [-0.05, 0) is 29.8 Å². The molecule has 1 aliphatic rings. The molecule has 1 atom stereocenters. The van der Waals surface area contributed by atoms with Crippen molar-refractivity contribution in [3.8, 4) is 16.9 Å². The second-order valence-electron chi connectivity index (χ2n) is 8.08. The average Bonchev–Trinajstić information content (AvgIpc) is 3.12. The summed E-state index contributed by atoms with van der Waals surface area (Å²) < 4.78 is 43.5. The van der Waals surface area contributed by atoms with Gasteiger partial charge in [-0.3, -0.25) is 4.79 Å². The van der Waals surface area contributed by atoms with Crippen molar-refractivity contribution >= 4 is 22.6 Å². The fourth-order valence-corrected chi connectivity index (χ4v) is 4.33. The molecule has 0 saturated heterocycles. The number of carbonyl (C=O) groups is 1. The lowest BCUT2D eigenvalue weighted by Gasteiger charge is -2.35. The Hall–Kier alpha value is -3.84. The Labute approximate surface area is 192 Å². The zero-order valence-corrected chi connectivity index (χ0v) is 17.9. The zero-order chi connectivity index (χ0) is 24.9. The highest BCUT2D eigenvalue weighted by Crippen LogP contribution is 2.42. The first-order valence-electron chi connectivity index (χ1n) is 11.5. The van der Waals surface area contributed by atoms with Gasteiger partial charge in [-0.15, -0.1) is 0 Å². The van der Waals surface area contributed by atoms with E-state index in [1.165, 1.54) is 0 Å². The lowest BCUT2D eigenvalue weighted by molar-refractivity contribution is -0.136. The van der Waals surface area contributed by atoms with Crippen molar-refractivity contribution < 1.29 is 26.2 Å². The summed E-state index contributed by atoms with van der Waals surface area (Å²) in [4.78, 5) is 13.4. The number of carboxylic acid groups (broad SMARTS) is 1. The number of benzene rings is 3. The lowest BCUT2D eigenvalue weighted by Crippen LogP contribution is -2.32. The molecule has 0 radical (unpaired) electrons. The molecule has 3 N–H and O–H groups in total. The van der Waals surface area contributed by atoms with E-state index >= 15 is 4.39 Å². The molecule has 1 aliphatic heterocycles. The van der Waals surface area contributed by atoms with Crippen molar-refractivity contribution in [3.05, 3.63) is 83.3 Å². The second-order valence-corrected chi connectivity index (χ2v) is 8.08. The Morgan fingerprint density at radius 2 is 2.03 bits per heavy atom. The van der Waals surface area contributed by atoms with Gasteiger partial charge in [-0.1, -0.05) is 30.3 Å². The average molecular weight is 448 g/mol. The van der Waals surface area contributed by atoms with E-state index in [2.05, 4.69) is 0 Å². The highest BCUT2D eigenvalue weighted by atomic mass is 19.1. The number of fused-ring (bicyclic) bond motifs is 2. The standard InChI is InChI=1S/C26H23FN2O4/c1-29-14-22(33-26-15(12-23(30)31)4-3-7-21(26)29)18-10-16-8-9-32-25(16)20(11-18)19-6-2-5-17(13-28)24(19)27/h2-11,22H,12-14,28H2,1H3,(H,30,31)/t22-/m1/s1/i8D,9D. The molecule has 7 heteroatoms. The number of hydrogen-bond donors (Lipinski definition) is 2. The molecular formula is C26H23FN2O4. The highest BCUT2D eigenvalue weighted by molar-refractivity contribution is 5.93. The molecule has 4 aromatic rings. The van der Waals surface area contributed by atoms with Gasteiger partial charge in [0.25, 0.3) is 0 Å². The Morgan fingerprint density at radius 3 is 2.82 bits per heavy atom. The van der Waals surface area contributed by atoms with Crippen LogP contribution in [0.25, 0.3) is 22.1 Å². The van der Waals surface area contributed by atoms with Crippen molar-refractivity contribution in [2.75, 3.05) is 18.5 Å². The maximum atomic E-state index is 15.3. The van der Waals surface area contributed by atoms with Crippen molar-refractivity contribution in [3.63, 3.8) is 0 Å². The minimum atomic E-state index is -0.967. The number of ether oxygens (including phenoxy) is 1. The summed E-state index contributed by atoms with van der Waals surface area (Å²) in [5.41, 5.74) is 8.92. The third kappa shape index (κ3) is 3.70. The van der Waals surface area contributed by atoms with Gasteiger partial charge >= 0.3 is 5.97 Å². The van der Waals surface area contributed by atoms with Crippen LogP contribution in [0.2, 0.25) is 0 Å². The third-order valence-electron chi connectivity index (χ3n) is 5.94. The first-order chi connectivity index (χ1) is 16.8. The van der Waals surface area contributed by atoms with Crippen LogP contribution in [0.5, 0.6) is 5.75 Å². The van der Waals surface area contributed by atoms with Gasteiger partial charge in [0.2, 0.25) is 0 Å². The van der Waals surface area contributed by atoms with Gasteiger partial charge in [0.1, 0.15) is 24.6 Å². The molecule has 0 fully saturated rings. The number of halogens is 1. The van der Waals surface area contributed by atoms with Gasteiger partial charge in [0, 0.05) is 41.2 Å². The maximum Gasteiger partial charge on any atom is 0.307 e. The minimum absolute atomic E-state index is 0.0215. The number of likely N-dealkylation sites (N-methyl/N-ethyl adjacent to an activating group) is 1. The van der Waals surface area contributed by atoms with Crippen LogP contribution in [0.1, 0.15) is 25.5 Å². The highest BCUT2D eigenvalue weighted by Gasteiger charge is 2.28. The summed E-state index contributed by atoms with van der Waals surface area (Å²) in [6.45, 7) is 0.465. The quantitative estimate of drug-likeness (QED) is 0.452. The van der Waals surface area contributed by atoms with Crippen LogP contribution in [-0.4, -0.2) is 24.7 Å². The number of carboxylic acids is 1. The molecular weight excluding hydrogens is 423 g/mol. The van der Waals surface area contributed by atoms with Crippen molar-refractivity contribution in [1.29, 1.82) is 0 Å². The van der Waals surface area contributed by atoms with E-state index in [1.807, 2.05) is 18.0 Å². The Balaban J connectivity index is 1.68. The Bertz CT molecular complexity index is 1470. The molecule has 0 unspecified atom stereocenters. The number of furan rings is 1. The summed E-state index contributed by atoms with van der Waals surface area (Å²) in [6.07, 6.45) is -1.04.